The first-order valence-electron chi connectivity index (χ1n) is 7.25. The number of benzene rings is 1. The van der Waals surface area contributed by atoms with Crippen molar-refractivity contribution < 1.29 is 13.9 Å². The Morgan fingerprint density at radius 1 is 1.19 bits per heavy atom. The molecule has 1 fully saturated rings. The number of halogens is 1. The summed E-state index contributed by atoms with van der Waals surface area (Å²) in [6.07, 6.45) is -0.280. The lowest BCUT2D eigenvalue weighted by atomic mass is 10.1. The summed E-state index contributed by atoms with van der Waals surface area (Å²) < 4.78 is 18.8. The number of hydrogen-bond donors (Lipinski definition) is 0. The number of nitrogens with zero attached hydrogens (tertiary/aromatic N) is 2. The lowest BCUT2D eigenvalue weighted by Gasteiger charge is -2.37. The predicted molar refractivity (Wildman–Crippen MR) is 81.2 cm³/mol. The Morgan fingerprint density at radius 2 is 1.81 bits per heavy atom. The zero-order valence-electron chi connectivity index (χ0n) is 13.1. The van der Waals surface area contributed by atoms with Gasteiger partial charge in [-0.3, -0.25) is 0 Å². The van der Waals surface area contributed by atoms with Gasteiger partial charge in [-0.1, -0.05) is 6.07 Å². The molecule has 116 valence electrons. The first-order chi connectivity index (χ1) is 9.76. The molecule has 2 rings (SSSR count). The Hall–Kier alpha value is -1.78. The molecule has 4 nitrogen and oxygen atoms in total. The minimum Gasteiger partial charge on any atom is -0.444 e. The van der Waals surface area contributed by atoms with Crippen LogP contribution in [0.2, 0.25) is 0 Å². The molecule has 0 aromatic heterocycles. The van der Waals surface area contributed by atoms with E-state index in [0.29, 0.717) is 26.2 Å². The number of piperazine rings is 1. The van der Waals surface area contributed by atoms with E-state index < -0.39 is 5.60 Å². The van der Waals surface area contributed by atoms with Crippen LogP contribution in [-0.2, 0) is 4.74 Å². The highest BCUT2D eigenvalue weighted by Gasteiger charge is 2.26. The van der Waals surface area contributed by atoms with Crippen molar-refractivity contribution in [1.29, 1.82) is 0 Å². The van der Waals surface area contributed by atoms with E-state index in [9.17, 15) is 9.18 Å². The first-order valence-corrected chi connectivity index (χ1v) is 7.25. The summed E-state index contributed by atoms with van der Waals surface area (Å²) in [7, 11) is 0. The van der Waals surface area contributed by atoms with Crippen LogP contribution in [0.15, 0.2) is 18.2 Å². The van der Waals surface area contributed by atoms with Gasteiger partial charge in [-0.05, 0) is 45.4 Å². The Labute approximate surface area is 125 Å². The van der Waals surface area contributed by atoms with Gasteiger partial charge in [0, 0.05) is 31.9 Å². The van der Waals surface area contributed by atoms with Crippen LogP contribution in [0.3, 0.4) is 0 Å². The largest absolute Gasteiger partial charge is 0.444 e. The van der Waals surface area contributed by atoms with Crippen molar-refractivity contribution in [3.8, 4) is 0 Å². The van der Waals surface area contributed by atoms with Crippen LogP contribution >= 0.6 is 0 Å². The molecule has 0 bridgehead atoms. The van der Waals surface area contributed by atoms with E-state index in [2.05, 4.69) is 4.90 Å². The average Bonchev–Trinajstić information content (AvgIpc) is 2.40. The molecule has 0 saturated carbocycles. The van der Waals surface area contributed by atoms with Gasteiger partial charge in [-0.15, -0.1) is 0 Å². The highest BCUT2D eigenvalue weighted by molar-refractivity contribution is 5.68. The number of hydrogen-bond acceptors (Lipinski definition) is 3. The van der Waals surface area contributed by atoms with Crippen LogP contribution in [0.25, 0.3) is 0 Å². The van der Waals surface area contributed by atoms with E-state index in [1.165, 1.54) is 6.07 Å². The van der Waals surface area contributed by atoms with Crippen molar-refractivity contribution in [3.05, 3.63) is 29.6 Å². The average molecular weight is 294 g/mol. The van der Waals surface area contributed by atoms with Gasteiger partial charge in [-0.25, -0.2) is 9.18 Å². The van der Waals surface area contributed by atoms with Gasteiger partial charge in [0.25, 0.3) is 0 Å². The third-order valence-electron chi connectivity index (χ3n) is 3.44. The summed E-state index contributed by atoms with van der Waals surface area (Å²) in [5.41, 5.74) is 1.47. The van der Waals surface area contributed by atoms with E-state index in [-0.39, 0.29) is 11.9 Å². The lowest BCUT2D eigenvalue weighted by molar-refractivity contribution is 0.0240. The zero-order chi connectivity index (χ0) is 15.6. The maximum Gasteiger partial charge on any atom is 0.410 e. The molecule has 1 heterocycles. The smallest absolute Gasteiger partial charge is 0.410 e. The summed E-state index contributed by atoms with van der Waals surface area (Å²) in [6.45, 7) is 10.1. The fourth-order valence-electron chi connectivity index (χ4n) is 2.38. The highest BCUT2D eigenvalue weighted by atomic mass is 19.1. The number of carbonyl (C=O) groups is 1. The molecular weight excluding hydrogens is 271 g/mol. The fourth-order valence-corrected chi connectivity index (χ4v) is 2.38. The quantitative estimate of drug-likeness (QED) is 0.797. The maximum absolute atomic E-state index is 13.4. The lowest BCUT2D eigenvalue weighted by Crippen LogP contribution is -2.50. The number of anilines is 1. The highest BCUT2D eigenvalue weighted by Crippen LogP contribution is 2.23. The molecule has 0 radical (unpaired) electrons. The van der Waals surface area contributed by atoms with E-state index in [1.807, 2.05) is 27.7 Å². The third-order valence-corrected chi connectivity index (χ3v) is 3.44. The fraction of sp³-hybridized carbons (Fsp3) is 0.562. The topological polar surface area (TPSA) is 32.8 Å². The zero-order valence-corrected chi connectivity index (χ0v) is 13.1. The molecular formula is C16H23FN2O2. The number of carbonyl (C=O) groups excluding carboxylic acids is 1. The summed E-state index contributed by atoms with van der Waals surface area (Å²) in [5, 5.41) is 0. The Bertz CT molecular complexity index is 517. The van der Waals surface area contributed by atoms with Crippen LogP contribution < -0.4 is 4.90 Å². The molecule has 1 aliphatic heterocycles. The molecule has 1 aromatic rings. The Balaban J connectivity index is 1.97. The normalized spacial score (nSPS) is 16.0. The molecule has 1 aliphatic rings. The summed E-state index contributed by atoms with van der Waals surface area (Å²) >= 11 is 0. The van der Waals surface area contributed by atoms with Gasteiger partial charge in [0.2, 0.25) is 0 Å². The monoisotopic (exact) mass is 294 g/mol. The van der Waals surface area contributed by atoms with Crippen LogP contribution in [0, 0.1) is 12.7 Å². The Kier molecular flexibility index (Phi) is 4.40. The molecule has 0 N–H and O–H groups in total. The van der Waals surface area contributed by atoms with Crippen molar-refractivity contribution >= 4 is 11.8 Å². The van der Waals surface area contributed by atoms with Crippen LogP contribution in [0.4, 0.5) is 14.9 Å². The molecule has 5 heteroatoms. The summed E-state index contributed by atoms with van der Waals surface area (Å²) in [6, 6.07) is 4.80. The van der Waals surface area contributed by atoms with E-state index in [0.717, 1.165) is 11.3 Å². The molecule has 1 saturated heterocycles. The summed E-state index contributed by atoms with van der Waals surface area (Å²) in [5.74, 6) is -0.231. The number of amides is 1. The van der Waals surface area contributed by atoms with E-state index >= 15 is 0 Å². The van der Waals surface area contributed by atoms with Crippen LogP contribution in [0.5, 0.6) is 0 Å². The van der Waals surface area contributed by atoms with Gasteiger partial charge >= 0.3 is 6.09 Å². The maximum atomic E-state index is 13.4. The molecule has 21 heavy (non-hydrogen) atoms. The van der Waals surface area contributed by atoms with Gasteiger partial charge in [0.15, 0.2) is 0 Å². The molecule has 0 atom stereocenters. The minimum atomic E-state index is -0.479. The van der Waals surface area contributed by atoms with Crippen molar-refractivity contribution in [2.24, 2.45) is 0 Å². The van der Waals surface area contributed by atoms with E-state index in [4.69, 9.17) is 4.74 Å². The van der Waals surface area contributed by atoms with E-state index in [1.54, 1.807) is 17.0 Å². The molecule has 1 amide bonds. The number of ether oxygens (including phenoxy) is 1. The van der Waals surface area contributed by atoms with Crippen molar-refractivity contribution in [1.82, 2.24) is 4.90 Å². The number of rotatable bonds is 1. The van der Waals surface area contributed by atoms with Gasteiger partial charge in [-0.2, -0.15) is 0 Å². The van der Waals surface area contributed by atoms with Gasteiger partial charge in [0.1, 0.15) is 11.4 Å². The van der Waals surface area contributed by atoms with Crippen molar-refractivity contribution in [2.45, 2.75) is 33.3 Å². The second-order valence-electron chi connectivity index (χ2n) is 6.39. The van der Waals surface area contributed by atoms with Crippen LogP contribution in [-0.4, -0.2) is 42.8 Å². The second kappa shape index (κ2) is 5.92. The SMILES string of the molecule is Cc1ccc(F)cc1N1CCN(C(=O)OC(C)(C)C)CC1. The summed E-state index contributed by atoms with van der Waals surface area (Å²) in [4.78, 5) is 15.8. The predicted octanol–water partition coefficient (Wildman–Crippen LogP) is 3.19. The Morgan fingerprint density at radius 3 is 2.38 bits per heavy atom. The molecule has 0 unspecified atom stereocenters. The molecule has 0 aliphatic carbocycles. The van der Waals surface area contributed by atoms with Crippen molar-refractivity contribution in [3.63, 3.8) is 0 Å². The first kappa shape index (κ1) is 15.6. The number of aryl methyl sites for hydroxylation is 1. The molecule has 1 aromatic carbocycles. The van der Waals surface area contributed by atoms with Gasteiger partial charge in [0.05, 0.1) is 0 Å². The second-order valence-corrected chi connectivity index (χ2v) is 6.39. The molecule has 0 spiro atoms. The van der Waals surface area contributed by atoms with Crippen molar-refractivity contribution in [2.75, 3.05) is 31.1 Å². The minimum absolute atomic E-state index is 0.231. The van der Waals surface area contributed by atoms with Gasteiger partial charge < -0.3 is 14.5 Å². The van der Waals surface area contributed by atoms with Crippen LogP contribution in [0.1, 0.15) is 26.3 Å². The standard InChI is InChI=1S/C16H23FN2O2/c1-12-5-6-13(17)11-14(12)18-7-9-19(10-8-18)15(20)21-16(2,3)4/h5-6,11H,7-10H2,1-4H3. The third kappa shape index (κ3) is 4.09.